The van der Waals surface area contributed by atoms with Gasteiger partial charge in [0.2, 0.25) is 11.8 Å². The van der Waals surface area contributed by atoms with Crippen LogP contribution in [-0.2, 0) is 9.59 Å². The average Bonchev–Trinajstić information content (AvgIpc) is 2.74. The summed E-state index contributed by atoms with van der Waals surface area (Å²) in [6.07, 6.45) is -0.0554. The normalized spacial score (nSPS) is 18.4. The lowest BCUT2D eigenvalue weighted by atomic mass is 10.1. The van der Waals surface area contributed by atoms with Gasteiger partial charge in [-0.05, 0) is 28.1 Å². The lowest BCUT2D eigenvalue weighted by Gasteiger charge is -2.17. The van der Waals surface area contributed by atoms with Crippen LogP contribution in [0.5, 0.6) is 0 Å². The maximum Gasteiger partial charge on any atom is 0.312 e. The Bertz CT molecular complexity index is 622. The van der Waals surface area contributed by atoms with Crippen molar-refractivity contribution >= 4 is 50.7 Å². The number of carbonyl (C=O) groups excluding carboxylic acids is 2. The van der Waals surface area contributed by atoms with Crippen molar-refractivity contribution in [1.29, 1.82) is 0 Å². The third-order valence-electron chi connectivity index (χ3n) is 3.05. The van der Waals surface area contributed by atoms with E-state index in [1.807, 2.05) is 0 Å². The Morgan fingerprint density at radius 3 is 2.70 bits per heavy atom. The highest BCUT2D eigenvalue weighted by Crippen LogP contribution is 2.41. The molecule has 2 N–H and O–H groups in total. The second-order valence-corrected chi connectivity index (χ2v) is 5.53. The van der Waals surface area contributed by atoms with E-state index >= 15 is 0 Å². The van der Waals surface area contributed by atoms with Gasteiger partial charge in [-0.1, -0.05) is 11.6 Å². The molecule has 0 saturated carbocycles. The van der Waals surface area contributed by atoms with Crippen LogP contribution >= 0.6 is 27.5 Å². The molecule has 1 heterocycles. The molecule has 2 amide bonds. The summed E-state index contributed by atoms with van der Waals surface area (Å²) in [4.78, 5) is 34.7. The standard InChI is InChI=1S/C11H9BrClN3O4/c12-6-1-2-7(10(9(6)13)16(19)20)15-4-5(11(14)18)3-8(15)17/h1-2,5H,3-4H2,(H2,14,18). The second kappa shape index (κ2) is 5.37. The number of nitro benzene ring substituents is 1. The second-order valence-electron chi connectivity index (χ2n) is 4.29. The molecule has 7 nitrogen and oxygen atoms in total. The smallest absolute Gasteiger partial charge is 0.312 e. The molecule has 0 aliphatic carbocycles. The number of nitrogens with two attached hydrogens (primary N) is 1. The van der Waals surface area contributed by atoms with E-state index in [1.54, 1.807) is 0 Å². The first-order valence-electron chi connectivity index (χ1n) is 5.55. The monoisotopic (exact) mass is 361 g/mol. The minimum atomic E-state index is -0.659. The fourth-order valence-electron chi connectivity index (χ4n) is 2.05. The molecule has 0 spiro atoms. The molecular weight excluding hydrogens is 353 g/mol. The molecular formula is C11H9BrClN3O4. The highest BCUT2D eigenvalue weighted by atomic mass is 79.9. The summed E-state index contributed by atoms with van der Waals surface area (Å²) in [5, 5.41) is 11.0. The summed E-state index contributed by atoms with van der Waals surface area (Å²) < 4.78 is 0.354. The van der Waals surface area contributed by atoms with Crippen LogP contribution in [0.4, 0.5) is 11.4 Å². The Balaban J connectivity index is 2.49. The van der Waals surface area contributed by atoms with Gasteiger partial charge in [0.1, 0.15) is 10.7 Å². The SMILES string of the molecule is NC(=O)C1CC(=O)N(c2ccc(Br)c(Cl)c2[N+](=O)[O-])C1. The molecule has 0 aromatic heterocycles. The summed E-state index contributed by atoms with van der Waals surface area (Å²) in [7, 11) is 0. The number of halogens is 2. The van der Waals surface area contributed by atoms with E-state index in [4.69, 9.17) is 17.3 Å². The summed E-state index contributed by atoms with van der Waals surface area (Å²) in [6.45, 7) is 0.0208. The van der Waals surface area contributed by atoms with Gasteiger partial charge in [0.25, 0.3) is 0 Å². The molecule has 1 aliphatic heterocycles. The number of carbonyl (C=O) groups is 2. The van der Waals surface area contributed by atoms with E-state index in [1.165, 1.54) is 17.0 Å². The first-order chi connectivity index (χ1) is 9.32. The maximum absolute atomic E-state index is 11.9. The van der Waals surface area contributed by atoms with Gasteiger partial charge in [-0.3, -0.25) is 19.7 Å². The summed E-state index contributed by atoms with van der Waals surface area (Å²) in [6, 6.07) is 2.92. The van der Waals surface area contributed by atoms with E-state index in [9.17, 15) is 19.7 Å². The minimum Gasteiger partial charge on any atom is -0.369 e. The molecule has 9 heteroatoms. The van der Waals surface area contributed by atoms with Gasteiger partial charge in [0, 0.05) is 17.4 Å². The van der Waals surface area contributed by atoms with Crippen LogP contribution in [-0.4, -0.2) is 23.3 Å². The van der Waals surface area contributed by atoms with Crippen LogP contribution in [0.2, 0.25) is 5.02 Å². The quantitative estimate of drug-likeness (QED) is 0.654. The lowest BCUT2D eigenvalue weighted by Crippen LogP contribution is -2.28. The molecule has 106 valence electrons. The molecule has 0 radical (unpaired) electrons. The van der Waals surface area contributed by atoms with Gasteiger partial charge in [-0.25, -0.2) is 0 Å². The summed E-state index contributed by atoms with van der Waals surface area (Å²) in [5.41, 5.74) is 4.86. The lowest BCUT2D eigenvalue weighted by molar-refractivity contribution is -0.384. The number of hydrogen-bond donors (Lipinski definition) is 1. The fourth-order valence-corrected chi connectivity index (χ4v) is 2.60. The van der Waals surface area contributed by atoms with Crippen LogP contribution in [0.3, 0.4) is 0 Å². The van der Waals surface area contributed by atoms with E-state index < -0.39 is 22.7 Å². The van der Waals surface area contributed by atoms with Crippen LogP contribution in [0, 0.1) is 16.0 Å². The highest BCUT2D eigenvalue weighted by molar-refractivity contribution is 9.10. The molecule has 0 bridgehead atoms. The molecule has 1 atom stereocenters. The largest absolute Gasteiger partial charge is 0.369 e. The third kappa shape index (κ3) is 2.48. The predicted octanol–water partition coefficient (Wildman–Crippen LogP) is 1.85. The van der Waals surface area contributed by atoms with Crippen LogP contribution in [0.25, 0.3) is 0 Å². The average molecular weight is 363 g/mol. The van der Waals surface area contributed by atoms with Gasteiger partial charge in [0.15, 0.2) is 0 Å². The summed E-state index contributed by atoms with van der Waals surface area (Å²) in [5.74, 6) is -1.65. The van der Waals surface area contributed by atoms with Gasteiger partial charge in [0.05, 0.1) is 10.8 Å². The molecule has 1 saturated heterocycles. The number of primary amides is 1. The fraction of sp³-hybridized carbons (Fsp3) is 0.273. The molecule has 1 aliphatic rings. The van der Waals surface area contributed by atoms with Crippen LogP contribution < -0.4 is 10.6 Å². The zero-order valence-electron chi connectivity index (χ0n) is 10.0. The number of amides is 2. The van der Waals surface area contributed by atoms with Crippen molar-refractivity contribution in [3.63, 3.8) is 0 Å². The Hall–Kier alpha value is -1.67. The topological polar surface area (TPSA) is 107 Å². The molecule has 1 fully saturated rings. The van der Waals surface area contributed by atoms with Crippen molar-refractivity contribution in [2.24, 2.45) is 11.7 Å². The minimum absolute atomic E-state index is 0.0208. The summed E-state index contributed by atoms with van der Waals surface area (Å²) >= 11 is 8.99. The Morgan fingerprint density at radius 1 is 1.55 bits per heavy atom. The van der Waals surface area contributed by atoms with Gasteiger partial charge >= 0.3 is 5.69 Å². The zero-order valence-corrected chi connectivity index (χ0v) is 12.3. The van der Waals surface area contributed by atoms with Crippen LogP contribution in [0.15, 0.2) is 16.6 Å². The van der Waals surface area contributed by atoms with Crippen LogP contribution in [0.1, 0.15) is 6.42 Å². The van der Waals surface area contributed by atoms with E-state index in [0.717, 1.165) is 0 Å². The number of nitro groups is 1. The molecule has 20 heavy (non-hydrogen) atoms. The number of benzene rings is 1. The van der Waals surface area contributed by atoms with Crippen molar-refractivity contribution in [1.82, 2.24) is 0 Å². The van der Waals surface area contributed by atoms with Crippen molar-refractivity contribution in [2.75, 3.05) is 11.4 Å². The Labute approximate surface area is 126 Å². The first-order valence-corrected chi connectivity index (χ1v) is 6.72. The maximum atomic E-state index is 11.9. The highest BCUT2D eigenvalue weighted by Gasteiger charge is 2.37. The molecule has 1 unspecified atom stereocenters. The van der Waals surface area contributed by atoms with Crippen molar-refractivity contribution in [3.05, 3.63) is 31.7 Å². The molecule has 1 aromatic rings. The van der Waals surface area contributed by atoms with Crippen molar-refractivity contribution in [2.45, 2.75) is 6.42 Å². The number of hydrogen-bond acceptors (Lipinski definition) is 4. The van der Waals surface area contributed by atoms with Gasteiger partial charge in [-0.15, -0.1) is 0 Å². The van der Waals surface area contributed by atoms with Crippen molar-refractivity contribution < 1.29 is 14.5 Å². The van der Waals surface area contributed by atoms with E-state index in [2.05, 4.69) is 15.9 Å². The number of anilines is 1. The Kier molecular flexibility index (Phi) is 3.96. The van der Waals surface area contributed by atoms with E-state index in [-0.39, 0.29) is 29.4 Å². The van der Waals surface area contributed by atoms with E-state index in [0.29, 0.717) is 4.47 Å². The molecule has 2 rings (SSSR count). The van der Waals surface area contributed by atoms with Gasteiger partial charge < -0.3 is 10.6 Å². The number of nitrogens with zero attached hydrogens (tertiary/aromatic N) is 2. The zero-order chi connectivity index (χ0) is 15.0. The van der Waals surface area contributed by atoms with Crippen molar-refractivity contribution in [3.8, 4) is 0 Å². The Morgan fingerprint density at radius 2 is 2.20 bits per heavy atom. The number of rotatable bonds is 3. The molecule has 1 aromatic carbocycles. The van der Waals surface area contributed by atoms with Gasteiger partial charge in [-0.2, -0.15) is 0 Å². The predicted molar refractivity (Wildman–Crippen MR) is 75.5 cm³/mol. The third-order valence-corrected chi connectivity index (χ3v) is 4.32. The first kappa shape index (κ1) is 14.7.